The van der Waals surface area contributed by atoms with E-state index < -0.39 is 0 Å². The Kier molecular flexibility index (Phi) is 30.1. The molecule has 0 aliphatic carbocycles. The van der Waals surface area contributed by atoms with Gasteiger partial charge in [0.2, 0.25) is 0 Å². The van der Waals surface area contributed by atoms with Crippen LogP contribution in [-0.2, 0) is 66.9 Å². The Labute approximate surface area is 491 Å². The lowest BCUT2D eigenvalue weighted by molar-refractivity contribution is -0.193. The summed E-state index contributed by atoms with van der Waals surface area (Å²) >= 11 is 5.92. The van der Waals surface area contributed by atoms with Crippen molar-refractivity contribution in [2.75, 3.05) is 0 Å². The van der Waals surface area contributed by atoms with Crippen molar-refractivity contribution in [3.8, 4) is 22.5 Å². The lowest BCUT2D eigenvalue weighted by Crippen LogP contribution is -2.41. The molecule has 14 heteroatoms. The fraction of sp³-hybridized carbons (Fsp3) is 0.188. The number of nitrogens with zero attached hydrogens (tertiary/aromatic N) is 2. The molecule has 1 aliphatic heterocycles. The molecule has 0 amide bonds. The summed E-state index contributed by atoms with van der Waals surface area (Å²) < 4.78 is 12.3. The Morgan fingerprint density at radius 3 is 1.12 bits per heavy atom. The van der Waals surface area contributed by atoms with Gasteiger partial charge in [-0.2, -0.15) is 38.4 Å². The maximum Gasteiger partial charge on any atom is 0.494 e. The fourth-order valence-electron chi connectivity index (χ4n) is 8.27. The molecule has 422 valence electrons. The number of hydrogen-bond acceptors (Lipinski definition) is 12. The van der Waals surface area contributed by atoms with Gasteiger partial charge in [-0.1, -0.05) is 175 Å². The topological polar surface area (TPSA) is 181 Å². The van der Waals surface area contributed by atoms with Crippen LogP contribution in [-0.4, -0.2) is 52.9 Å². The first-order chi connectivity index (χ1) is 39.9. The molecular weight excluding hydrogens is 1060 g/mol. The molecular formula is C69H66BClN2O10. The van der Waals surface area contributed by atoms with Crippen molar-refractivity contribution in [2.45, 2.75) is 85.9 Å². The zero-order valence-electron chi connectivity index (χ0n) is 47.8. The summed E-state index contributed by atoms with van der Waals surface area (Å²) in [6.45, 7) is 16.9. The number of carbonyl (C=O) groups excluding carboxylic acids is 8. The van der Waals surface area contributed by atoms with E-state index in [9.17, 15) is 0 Å². The third-order valence-corrected chi connectivity index (χ3v) is 13.4. The van der Waals surface area contributed by atoms with Gasteiger partial charge in [0.25, 0.3) is 0 Å². The molecule has 1 saturated heterocycles. The third-order valence-electron chi connectivity index (χ3n) is 13.2. The molecule has 0 N–H and O–H groups in total. The van der Waals surface area contributed by atoms with Gasteiger partial charge < -0.3 is 9.31 Å². The number of aromatic nitrogens is 2. The second kappa shape index (κ2) is 36.8. The Hall–Kier alpha value is -9.37. The molecule has 0 atom stereocenters. The Balaban J connectivity index is 0.000000276. The highest BCUT2D eigenvalue weighted by Crippen LogP contribution is 2.36. The smallest absolute Gasteiger partial charge is 0.399 e. The van der Waals surface area contributed by atoms with E-state index in [1.54, 1.807) is 0 Å². The van der Waals surface area contributed by atoms with Gasteiger partial charge in [0.15, 0.2) is 0 Å². The summed E-state index contributed by atoms with van der Waals surface area (Å²) in [5.74, 6) is 0. The van der Waals surface area contributed by atoms with E-state index in [-0.39, 0.29) is 42.9 Å². The maximum absolute atomic E-state index is 8.12. The van der Waals surface area contributed by atoms with Crippen LogP contribution in [0.5, 0.6) is 0 Å². The minimum Gasteiger partial charge on any atom is -0.399 e. The van der Waals surface area contributed by atoms with Gasteiger partial charge in [0, 0.05) is 28.5 Å². The first kappa shape index (κ1) is 67.9. The van der Waals surface area contributed by atoms with Crippen LogP contribution in [0.4, 0.5) is 0 Å². The number of rotatable bonds is 9. The van der Waals surface area contributed by atoms with Gasteiger partial charge in [0.05, 0.1) is 22.6 Å². The predicted octanol–water partition coefficient (Wildman–Crippen LogP) is 13.5. The molecule has 0 unspecified atom stereocenters. The predicted molar refractivity (Wildman–Crippen MR) is 320 cm³/mol. The van der Waals surface area contributed by atoms with E-state index in [2.05, 4.69) is 217 Å². The third kappa shape index (κ3) is 24.1. The largest absolute Gasteiger partial charge is 0.494 e. The van der Waals surface area contributed by atoms with Crippen LogP contribution in [0.15, 0.2) is 219 Å². The minimum atomic E-state index is -0.297. The average molecular weight is 1130 g/mol. The van der Waals surface area contributed by atoms with Crippen LogP contribution in [0.2, 0.25) is 5.02 Å². The summed E-state index contributed by atoms with van der Waals surface area (Å²) in [6.07, 6.45) is 7.57. The first-order valence-electron chi connectivity index (χ1n) is 26.2. The molecule has 3 heterocycles. The standard InChI is InChI=1S/C20H25BO2.C19H17N.C14H13Cl.C12H11N.4CO2/c1-15-13-18(21-22-19(2,3)20(4,5)23-21)12-11-17(15)14-16-9-7-6-8-10-16;1-15-13-18(19-9-5-6-12-20-19)11-10-17(15)14-16-7-3-2-4-8-16;1-11-9-14(15)8-7-13(11)10-12-5-3-2-4-6-12;1-10-5-4-6-11(9-10)12-7-2-3-8-13-12;4*2-1-3/h6-13H,14H2,1-5H3;2-13H,14H2,1H3;2-9H,10H2,1H3;2-9H,1H3;;;;. The van der Waals surface area contributed by atoms with E-state index in [0.717, 1.165) is 41.1 Å². The van der Waals surface area contributed by atoms with Gasteiger partial charge >= 0.3 is 31.7 Å². The first-order valence-corrected chi connectivity index (χ1v) is 26.5. The highest BCUT2D eigenvalue weighted by atomic mass is 35.5. The van der Waals surface area contributed by atoms with Crippen molar-refractivity contribution >= 4 is 48.8 Å². The van der Waals surface area contributed by atoms with Crippen molar-refractivity contribution < 1.29 is 47.7 Å². The number of benzene rings is 7. The van der Waals surface area contributed by atoms with Gasteiger partial charge in [-0.3, -0.25) is 9.97 Å². The van der Waals surface area contributed by atoms with E-state index in [1.165, 1.54) is 66.8 Å². The van der Waals surface area contributed by atoms with Crippen LogP contribution in [0.3, 0.4) is 0 Å². The Morgan fingerprint density at radius 2 is 0.759 bits per heavy atom. The fourth-order valence-corrected chi connectivity index (χ4v) is 8.50. The molecule has 0 saturated carbocycles. The molecule has 1 fully saturated rings. The molecule has 0 radical (unpaired) electrons. The van der Waals surface area contributed by atoms with Gasteiger partial charge in [-0.25, -0.2) is 0 Å². The summed E-state index contributed by atoms with van der Waals surface area (Å²) in [5.41, 5.74) is 18.1. The molecule has 7 aromatic carbocycles. The van der Waals surface area contributed by atoms with E-state index in [4.69, 9.17) is 59.3 Å². The lowest BCUT2D eigenvalue weighted by Gasteiger charge is -2.32. The number of halogens is 1. The Morgan fingerprint density at radius 1 is 0.398 bits per heavy atom. The summed E-state index contributed by atoms with van der Waals surface area (Å²) in [4.78, 5) is 73.7. The normalized spacial score (nSPS) is 11.6. The van der Waals surface area contributed by atoms with E-state index in [1.807, 2.05) is 67.0 Å². The van der Waals surface area contributed by atoms with Gasteiger partial charge in [-0.05, 0) is 179 Å². The maximum atomic E-state index is 8.12. The average Bonchev–Trinajstić information content (AvgIpc) is 4.01. The second-order valence-electron chi connectivity index (χ2n) is 19.6. The Bertz CT molecular complexity index is 3430. The highest BCUT2D eigenvalue weighted by molar-refractivity contribution is 6.62. The monoisotopic (exact) mass is 1130 g/mol. The molecule has 12 nitrogen and oxygen atoms in total. The van der Waals surface area contributed by atoms with Crippen molar-refractivity contribution in [2.24, 2.45) is 0 Å². The van der Waals surface area contributed by atoms with Crippen LogP contribution >= 0.6 is 11.6 Å². The van der Waals surface area contributed by atoms with Crippen molar-refractivity contribution in [1.82, 2.24) is 9.97 Å². The molecule has 83 heavy (non-hydrogen) atoms. The molecule has 0 spiro atoms. The van der Waals surface area contributed by atoms with Gasteiger partial charge in [0.1, 0.15) is 0 Å². The van der Waals surface area contributed by atoms with Crippen LogP contribution < -0.4 is 5.46 Å². The molecule has 0 bridgehead atoms. The van der Waals surface area contributed by atoms with Crippen LogP contribution in [0, 0.1) is 27.7 Å². The SMILES string of the molecule is Cc1cc(-c2ccccn2)ccc1Cc1ccccc1.Cc1cc(B2OC(C)(C)C(C)(C)O2)ccc1Cc1ccccc1.Cc1cc(Cl)ccc1Cc1ccccc1.Cc1cccc(-c2ccccn2)c1.O=C=O.O=C=O.O=C=O.O=C=O. The molecule has 10 rings (SSSR count). The molecule has 2 aromatic heterocycles. The van der Waals surface area contributed by atoms with E-state index >= 15 is 0 Å². The second-order valence-corrected chi connectivity index (χ2v) is 20.0. The summed E-state index contributed by atoms with van der Waals surface area (Å²) in [5, 5.41) is 0.810. The number of pyridine rings is 2. The zero-order chi connectivity index (χ0) is 61.0. The van der Waals surface area contributed by atoms with Gasteiger partial charge in [-0.15, -0.1) is 0 Å². The van der Waals surface area contributed by atoms with E-state index in [0.29, 0.717) is 0 Å². The van der Waals surface area contributed by atoms with Crippen molar-refractivity contribution in [3.05, 3.63) is 279 Å². The lowest BCUT2D eigenvalue weighted by atomic mass is 9.77. The summed E-state index contributed by atoms with van der Waals surface area (Å²) in [6, 6.07) is 71.1. The highest BCUT2D eigenvalue weighted by Gasteiger charge is 2.51. The quantitative estimate of drug-likeness (QED) is 0.125. The van der Waals surface area contributed by atoms with Crippen molar-refractivity contribution in [3.63, 3.8) is 0 Å². The van der Waals surface area contributed by atoms with Crippen LogP contribution in [0.25, 0.3) is 22.5 Å². The molecule has 1 aliphatic rings. The molecule has 9 aromatic rings. The van der Waals surface area contributed by atoms with Crippen LogP contribution in [0.1, 0.15) is 83.3 Å². The van der Waals surface area contributed by atoms with Crippen molar-refractivity contribution in [1.29, 1.82) is 0 Å². The number of hydrogen-bond donors (Lipinski definition) is 0. The number of aryl methyl sites for hydroxylation is 4. The minimum absolute atomic E-state index is 0.250. The zero-order valence-corrected chi connectivity index (χ0v) is 48.6. The summed E-state index contributed by atoms with van der Waals surface area (Å²) in [7, 11) is -0.288.